The van der Waals surface area contributed by atoms with Crippen LogP contribution in [0.1, 0.15) is 25.7 Å². The van der Waals surface area contributed by atoms with Crippen LogP contribution in [0.4, 0.5) is 0 Å². The van der Waals surface area contributed by atoms with Gasteiger partial charge in [0.2, 0.25) is 0 Å². The standard InChI is InChI=1S/C16H23N3O/c1-17-11-6-5-7-13(17)10-12-19-15-9-4-3-8-14(15)18(2)16(19)20/h3-4,8-9,13H,5-7,10-12H2,1-2H3. The first-order chi connectivity index (χ1) is 9.68. The summed E-state index contributed by atoms with van der Waals surface area (Å²) in [5.74, 6) is 0. The zero-order valence-electron chi connectivity index (χ0n) is 12.4. The van der Waals surface area contributed by atoms with Crippen molar-refractivity contribution in [2.75, 3.05) is 13.6 Å². The minimum Gasteiger partial charge on any atom is -0.303 e. The van der Waals surface area contributed by atoms with Crippen molar-refractivity contribution in [1.82, 2.24) is 14.0 Å². The van der Waals surface area contributed by atoms with Crippen LogP contribution in [-0.2, 0) is 13.6 Å². The Labute approximate surface area is 119 Å². The van der Waals surface area contributed by atoms with Crippen LogP contribution in [0.2, 0.25) is 0 Å². The lowest BCUT2D eigenvalue weighted by Crippen LogP contribution is -2.37. The molecule has 0 spiro atoms. The van der Waals surface area contributed by atoms with Crippen LogP contribution in [0.5, 0.6) is 0 Å². The first kappa shape index (κ1) is 13.4. The van der Waals surface area contributed by atoms with Gasteiger partial charge in [-0.2, -0.15) is 0 Å². The largest absolute Gasteiger partial charge is 0.328 e. The average Bonchev–Trinajstić information content (AvgIpc) is 2.71. The van der Waals surface area contributed by atoms with E-state index in [4.69, 9.17) is 0 Å². The molecule has 4 nitrogen and oxygen atoms in total. The molecule has 1 fully saturated rings. The Bertz CT molecular complexity index is 655. The second kappa shape index (κ2) is 5.44. The Morgan fingerprint density at radius 1 is 1.15 bits per heavy atom. The summed E-state index contributed by atoms with van der Waals surface area (Å²) in [6.45, 7) is 2.00. The van der Waals surface area contributed by atoms with Crippen molar-refractivity contribution in [3.05, 3.63) is 34.7 Å². The first-order valence-electron chi connectivity index (χ1n) is 7.53. The molecule has 108 valence electrons. The SMILES string of the molecule is CN1CCCCC1CCn1c(=O)n(C)c2ccccc21. The number of aromatic nitrogens is 2. The Morgan fingerprint density at radius 2 is 1.90 bits per heavy atom. The van der Waals surface area contributed by atoms with E-state index in [1.807, 2.05) is 35.9 Å². The number of para-hydroxylation sites is 2. The van der Waals surface area contributed by atoms with Crippen molar-refractivity contribution in [1.29, 1.82) is 0 Å². The molecule has 20 heavy (non-hydrogen) atoms. The molecule has 0 N–H and O–H groups in total. The number of aryl methyl sites for hydroxylation is 2. The third-order valence-corrected chi connectivity index (χ3v) is 4.66. The van der Waals surface area contributed by atoms with E-state index in [1.54, 1.807) is 4.57 Å². The third kappa shape index (κ3) is 2.29. The van der Waals surface area contributed by atoms with Gasteiger partial charge in [-0.05, 0) is 45.0 Å². The van der Waals surface area contributed by atoms with E-state index < -0.39 is 0 Å². The van der Waals surface area contributed by atoms with Crippen LogP contribution < -0.4 is 5.69 Å². The molecule has 4 heteroatoms. The van der Waals surface area contributed by atoms with Gasteiger partial charge in [-0.25, -0.2) is 4.79 Å². The summed E-state index contributed by atoms with van der Waals surface area (Å²) in [6.07, 6.45) is 4.95. The number of rotatable bonds is 3. The minimum absolute atomic E-state index is 0.102. The Morgan fingerprint density at radius 3 is 2.65 bits per heavy atom. The highest BCUT2D eigenvalue weighted by Crippen LogP contribution is 2.19. The van der Waals surface area contributed by atoms with Crippen molar-refractivity contribution >= 4 is 11.0 Å². The predicted molar refractivity (Wildman–Crippen MR) is 82.1 cm³/mol. The van der Waals surface area contributed by atoms with E-state index in [9.17, 15) is 4.79 Å². The lowest BCUT2D eigenvalue weighted by molar-refractivity contribution is 0.171. The summed E-state index contributed by atoms with van der Waals surface area (Å²) >= 11 is 0. The van der Waals surface area contributed by atoms with E-state index in [1.165, 1.54) is 25.8 Å². The molecule has 2 aromatic rings. The Hall–Kier alpha value is -1.55. The van der Waals surface area contributed by atoms with Gasteiger partial charge in [0.05, 0.1) is 11.0 Å². The maximum atomic E-state index is 12.4. The molecule has 1 atom stereocenters. The normalized spacial score (nSPS) is 20.6. The fraction of sp³-hybridized carbons (Fsp3) is 0.562. The maximum Gasteiger partial charge on any atom is 0.328 e. The average molecular weight is 273 g/mol. The van der Waals surface area contributed by atoms with Crippen LogP contribution >= 0.6 is 0 Å². The van der Waals surface area contributed by atoms with Crippen LogP contribution in [0.3, 0.4) is 0 Å². The molecule has 1 saturated heterocycles. The highest BCUT2D eigenvalue weighted by Gasteiger charge is 2.19. The van der Waals surface area contributed by atoms with Crippen molar-refractivity contribution in [2.45, 2.75) is 38.3 Å². The minimum atomic E-state index is 0.102. The lowest BCUT2D eigenvalue weighted by atomic mass is 10.0. The van der Waals surface area contributed by atoms with Gasteiger partial charge in [0, 0.05) is 19.6 Å². The molecule has 1 aromatic heterocycles. The quantitative estimate of drug-likeness (QED) is 0.858. The molecule has 1 unspecified atom stereocenters. The van der Waals surface area contributed by atoms with Crippen LogP contribution in [-0.4, -0.2) is 33.7 Å². The van der Waals surface area contributed by atoms with Crippen LogP contribution in [0, 0.1) is 0 Å². The zero-order valence-corrected chi connectivity index (χ0v) is 12.4. The molecule has 1 aliphatic rings. The number of likely N-dealkylation sites (tertiary alicyclic amines) is 1. The first-order valence-corrected chi connectivity index (χ1v) is 7.53. The van der Waals surface area contributed by atoms with Gasteiger partial charge >= 0.3 is 5.69 Å². The molecule has 0 bridgehead atoms. The maximum absolute atomic E-state index is 12.4. The molecule has 3 rings (SSSR count). The molecule has 2 heterocycles. The number of hydrogen-bond acceptors (Lipinski definition) is 2. The number of nitrogens with zero attached hydrogens (tertiary/aromatic N) is 3. The summed E-state index contributed by atoms with van der Waals surface area (Å²) in [7, 11) is 4.06. The summed E-state index contributed by atoms with van der Waals surface area (Å²) in [6, 6.07) is 8.67. The molecule has 0 amide bonds. The molecule has 1 aromatic carbocycles. The molecule has 1 aliphatic heterocycles. The van der Waals surface area contributed by atoms with Crippen LogP contribution in [0.25, 0.3) is 11.0 Å². The van der Waals surface area contributed by atoms with Gasteiger partial charge < -0.3 is 4.90 Å². The molecular formula is C16H23N3O. The van der Waals surface area contributed by atoms with Gasteiger partial charge in [-0.3, -0.25) is 9.13 Å². The predicted octanol–water partition coefficient (Wildman–Crippen LogP) is 2.21. The van der Waals surface area contributed by atoms with E-state index in [0.717, 1.165) is 24.0 Å². The van der Waals surface area contributed by atoms with E-state index in [0.29, 0.717) is 6.04 Å². The fourth-order valence-corrected chi connectivity index (χ4v) is 3.37. The summed E-state index contributed by atoms with van der Waals surface area (Å²) in [5, 5.41) is 0. The summed E-state index contributed by atoms with van der Waals surface area (Å²) in [5.41, 5.74) is 2.18. The third-order valence-electron chi connectivity index (χ3n) is 4.66. The smallest absolute Gasteiger partial charge is 0.303 e. The molecule has 0 saturated carbocycles. The number of imidazole rings is 1. The summed E-state index contributed by atoms with van der Waals surface area (Å²) < 4.78 is 3.68. The van der Waals surface area contributed by atoms with Gasteiger partial charge in [0.15, 0.2) is 0 Å². The monoisotopic (exact) mass is 273 g/mol. The molecule has 0 aliphatic carbocycles. The second-order valence-corrected chi connectivity index (χ2v) is 5.90. The van der Waals surface area contributed by atoms with Crippen LogP contribution in [0.15, 0.2) is 29.1 Å². The number of piperidine rings is 1. The number of benzene rings is 1. The van der Waals surface area contributed by atoms with Gasteiger partial charge in [0.1, 0.15) is 0 Å². The second-order valence-electron chi connectivity index (χ2n) is 5.90. The van der Waals surface area contributed by atoms with E-state index >= 15 is 0 Å². The Kier molecular flexibility index (Phi) is 3.66. The molecular weight excluding hydrogens is 250 g/mol. The Balaban J connectivity index is 1.84. The highest BCUT2D eigenvalue weighted by atomic mass is 16.1. The van der Waals surface area contributed by atoms with Crippen molar-refractivity contribution in [2.24, 2.45) is 7.05 Å². The highest BCUT2D eigenvalue weighted by molar-refractivity contribution is 5.75. The fourth-order valence-electron chi connectivity index (χ4n) is 3.37. The van der Waals surface area contributed by atoms with Crippen molar-refractivity contribution in [3.8, 4) is 0 Å². The number of hydrogen-bond donors (Lipinski definition) is 0. The van der Waals surface area contributed by atoms with E-state index in [-0.39, 0.29) is 5.69 Å². The zero-order chi connectivity index (χ0) is 14.1. The lowest BCUT2D eigenvalue weighted by Gasteiger charge is -2.32. The van der Waals surface area contributed by atoms with Gasteiger partial charge in [-0.1, -0.05) is 18.6 Å². The topological polar surface area (TPSA) is 30.2 Å². The molecule has 0 radical (unpaired) electrons. The van der Waals surface area contributed by atoms with Gasteiger partial charge in [0.25, 0.3) is 0 Å². The van der Waals surface area contributed by atoms with Crippen molar-refractivity contribution in [3.63, 3.8) is 0 Å². The summed E-state index contributed by atoms with van der Waals surface area (Å²) in [4.78, 5) is 14.8. The van der Waals surface area contributed by atoms with Crippen molar-refractivity contribution < 1.29 is 0 Å². The van der Waals surface area contributed by atoms with Gasteiger partial charge in [-0.15, -0.1) is 0 Å². The number of fused-ring (bicyclic) bond motifs is 1. The van der Waals surface area contributed by atoms with E-state index in [2.05, 4.69) is 11.9 Å².